The molecule has 0 atom stereocenters. The predicted octanol–water partition coefficient (Wildman–Crippen LogP) is 0.385. The van der Waals surface area contributed by atoms with Crippen LogP contribution in [0, 0.1) is 0 Å². The van der Waals surface area contributed by atoms with Gasteiger partial charge in [-0.25, -0.2) is 14.8 Å². The van der Waals surface area contributed by atoms with Gasteiger partial charge in [0.15, 0.2) is 11.5 Å². The Morgan fingerprint density at radius 1 is 1.17 bits per heavy atom. The molecule has 23 heavy (non-hydrogen) atoms. The highest BCUT2D eigenvalue weighted by molar-refractivity contribution is 6.06. The van der Waals surface area contributed by atoms with Crippen molar-refractivity contribution in [3.8, 4) is 0 Å². The second-order valence-electron chi connectivity index (χ2n) is 5.24. The molecule has 2 aromatic heterocycles. The number of nitrogens with one attached hydrogen (secondary N) is 2. The van der Waals surface area contributed by atoms with Crippen LogP contribution in [0.1, 0.15) is 29.8 Å². The third-order valence-electron chi connectivity index (χ3n) is 3.67. The Balaban J connectivity index is 1.89. The molecule has 9 nitrogen and oxygen atoms in total. The zero-order valence-corrected chi connectivity index (χ0v) is 12.5. The molecular weight excluding hydrogens is 298 g/mol. The van der Waals surface area contributed by atoms with Gasteiger partial charge in [0.05, 0.1) is 11.9 Å². The molecule has 3 heterocycles. The standard InChI is InChI=1S/C14H17N7O2/c15-11-10(16-4-5-17-11)13(22)19-12-9(8-18-14(23)20-12)21-6-2-1-3-7-21/h4-5,8H,1-3,6-7H2,(H2,15,17)(H2,18,19,20,22,23). The first-order chi connectivity index (χ1) is 11.1. The van der Waals surface area contributed by atoms with Crippen LogP contribution in [0.5, 0.6) is 0 Å². The number of hydrogen-bond donors (Lipinski definition) is 3. The summed E-state index contributed by atoms with van der Waals surface area (Å²) in [7, 11) is 0. The van der Waals surface area contributed by atoms with E-state index in [0.29, 0.717) is 11.5 Å². The van der Waals surface area contributed by atoms with E-state index in [1.54, 1.807) is 0 Å². The maximum Gasteiger partial charge on any atom is 0.346 e. The molecule has 0 spiro atoms. The molecule has 1 amide bonds. The molecule has 1 saturated heterocycles. The SMILES string of the molecule is Nc1nccnc1C(=O)Nc1[nH]c(=O)ncc1N1CCCCC1. The van der Waals surface area contributed by atoms with Crippen LogP contribution in [0.3, 0.4) is 0 Å². The largest absolute Gasteiger partial charge is 0.382 e. The minimum Gasteiger partial charge on any atom is -0.382 e. The Morgan fingerprint density at radius 3 is 2.65 bits per heavy atom. The van der Waals surface area contributed by atoms with E-state index in [1.807, 2.05) is 0 Å². The summed E-state index contributed by atoms with van der Waals surface area (Å²) < 4.78 is 0. The summed E-state index contributed by atoms with van der Waals surface area (Å²) in [6.07, 6.45) is 7.55. The topological polar surface area (TPSA) is 130 Å². The number of rotatable bonds is 3. The molecule has 0 bridgehead atoms. The van der Waals surface area contributed by atoms with Crippen molar-refractivity contribution in [3.05, 3.63) is 34.8 Å². The maximum atomic E-state index is 12.3. The number of nitrogen functional groups attached to an aromatic ring is 1. The van der Waals surface area contributed by atoms with E-state index in [4.69, 9.17) is 5.73 Å². The molecule has 0 saturated carbocycles. The van der Waals surface area contributed by atoms with Gasteiger partial charge < -0.3 is 16.0 Å². The number of piperidine rings is 1. The lowest BCUT2D eigenvalue weighted by atomic mass is 10.1. The molecule has 1 aliphatic rings. The highest BCUT2D eigenvalue weighted by Crippen LogP contribution is 2.25. The van der Waals surface area contributed by atoms with Gasteiger partial charge in [-0.2, -0.15) is 4.98 Å². The van der Waals surface area contributed by atoms with Gasteiger partial charge in [-0.05, 0) is 19.3 Å². The monoisotopic (exact) mass is 315 g/mol. The van der Waals surface area contributed by atoms with Crippen molar-refractivity contribution < 1.29 is 4.79 Å². The van der Waals surface area contributed by atoms with E-state index >= 15 is 0 Å². The average molecular weight is 315 g/mol. The molecule has 1 aliphatic heterocycles. The number of carbonyl (C=O) groups excluding carboxylic acids is 1. The second kappa shape index (κ2) is 6.42. The van der Waals surface area contributed by atoms with Crippen molar-refractivity contribution in [2.24, 2.45) is 0 Å². The zero-order valence-electron chi connectivity index (χ0n) is 12.5. The third-order valence-corrected chi connectivity index (χ3v) is 3.67. The fourth-order valence-corrected chi connectivity index (χ4v) is 2.55. The van der Waals surface area contributed by atoms with Crippen LogP contribution < -0.4 is 21.6 Å². The maximum absolute atomic E-state index is 12.3. The van der Waals surface area contributed by atoms with Crippen LogP contribution in [0.25, 0.3) is 0 Å². The van der Waals surface area contributed by atoms with Crippen LogP contribution in [0.2, 0.25) is 0 Å². The first kappa shape index (κ1) is 14.9. The summed E-state index contributed by atoms with van der Waals surface area (Å²) >= 11 is 0. The fraction of sp³-hybridized carbons (Fsp3) is 0.357. The predicted molar refractivity (Wildman–Crippen MR) is 85.3 cm³/mol. The Hall–Kier alpha value is -2.97. The van der Waals surface area contributed by atoms with Crippen molar-refractivity contribution in [2.75, 3.05) is 29.0 Å². The van der Waals surface area contributed by atoms with Crippen LogP contribution in [-0.4, -0.2) is 38.9 Å². The van der Waals surface area contributed by atoms with Gasteiger partial charge in [-0.3, -0.25) is 9.78 Å². The van der Waals surface area contributed by atoms with Crippen molar-refractivity contribution >= 4 is 23.2 Å². The van der Waals surface area contributed by atoms with E-state index in [1.165, 1.54) is 25.0 Å². The van der Waals surface area contributed by atoms with Gasteiger partial charge >= 0.3 is 5.69 Å². The van der Waals surface area contributed by atoms with Crippen molar-refractivity contribution in [1.29, 1.82) is 0 Å². The Labute approximate surface area is 132 Å². The fourth-order valence-electron chi connectivity index (χ4n) is 2.55. The number of nitrogens with two attached hydrogens (primary N) is 1. The van der Waals surface area contributed by atoms with Crippen LogP contribution >= 0.6 is 0 Å². The van der Waals surface area contributed by atoms with Crippen LogP contribution in [-0.2, 0) is 0 Å². The molecule has 0 aliphatic carbocycles. The van der Waals surface area contributed by atoms with E-state index in [0.717, 1.165) is 25.9 Å². The molecule has 9 heteroatoms. The summed E-state index contributed by atoms with van der Waals surface area (Å²) in [6.45, 7) is 1.70. The average Bonchev–Trinajstić information content (AvgIpc) is 2.56. The quantitative estimate of drug-likeness (QED) is 0.746. The first-order valence-electron chi connectivity index (χ1n) is 7.37. The molecule has 0 aromatic carbocycles. The number of aromatic amines is 1. The minimum absolute atomic E-state index is 0.00903. The van der Waals surface area contributed by atoms with E-state index in [-0.39, 0.29) is 11.5 Å². The molecule has 0 radical (unpaired) electrons. The molecule has 1 fully saturated rings. The van der Waals surface area contributed by atoms with Crippen molar-refractivity contribution in [1.82, 2.24) is 19.9 Å². The van der Waals surface area contributed by atoms with Crippen LogP contribution in [0.4, 0.5) is 17.3 Å². The number of amides is 1. The lowest BCUT2D eigenvalue weighted by molar-refractivity contribution is 0.102. The number of anilines is 3. The highest BCUT2D eigenvalue weighted by atomic mass is 16.2. The number of nitrogens with zero attached hydrogens (tertiary/aromatic N) is 4. The molecule has 2 aromatic rings. The summed E-state index contributed by atoms with van der Waals surface area (Å²) in [5.74, 6) is -0.210. The van der Waals surface area contributed by atoms with Gasteiger partial charge in [0, 0.05) is 25.5 Å². The molecule has 3 rings (SSSR count). The van der Waals surface area contributed by atoms with Gasteiger partial charge in [-0.15, -0.1) is 0 Å². The number of hydrogen-bond acceptors (Lipinski definition) is 7. The van der Waals surface area contributed by atoms with E-state index in [9.17, 15) is 9.59 Å². The lowest BCUT2D eigenvalue weighted by Crippen LogP contribution is -2.32. The Morgan fingerprint density at radius 2 is 1.91 bits per heavy atom. The first-order valence-corrected chi connectivity index (χ1v) is 7.37. The van der Waals surface area contributed by atoms with Gasteiger partial charge in [0.2, 0.25) is 0 Å². The minimum atomic E-state index is -0.534. The summed E-state index contributed by atoms with van der Waals surface area (Å²) in [5.41, 5.74) is 5.81. The molecular formula is C14H17N7O2. The number of H-pyrrole nitrogens is 1. The number of aromatic nitrogens is 4. The zero-order chi connectivity index (χ0) is 16.2. The summed E-state index contributed by atoms with van der Waals surface area (Å²) in [6, 6.07) is 0. The number of carbonyl (C=O) groups is 1. The van der Waals surface area contributed by atoms with Gasteiger partial charge in [0.1, 0.15) is 5.82 Å². The molecule has 120 valence electrons. The highest BCUT2D eigenvalue weighted by Gasteiger charge is 2.19. The molecule has 0 unspecified atom stereocenters. The van der Waals surface area contributed by atoms with Gasteiger partial charge in [-0.1, -0.05) is 0 Å². The smallest absolute Gasteiger partial charge is 0.346 e. The second-order valence-corrected chi connectivity index (χ2v) is 5.24. The normalized spacial score (nSPS) is 14.5. The third kappa shape index (κ3) is 3.28. The summed E-state index contributed by atoms with van der Waals surface area (Å²) in [4.78, 5) is 40.0. The van der Waals surface area contributed by atoms with Crippen LogP contribution in [0.15, 0.2) is 23.4 Å². The Bertz CT molecular complexity index is 768. The lowest BCUT2D eigenvalue weighted by Gasteiger charge is -2.29. The van der Waals surface area contributed by atoms with Crippen molar-refractivity contribution in [3.63, 3.8) is 0 Å². The van der Waals surface area contributed by atoms with Crippen molar-refractivity contribution in [2.45, 2.75) is 19.3 Å². The van der Waals surface area contributed by atoms with Gasteiger partial charge in [0.25, 0.3) is 5.91 Å². The molecule has 4 N–H and O–H groups in total. The van der Waals surface area contributed by atoms with E-state index in [2.05, 4.69) is 30.2 Å². The van der Waals surface area contributed by atoms with E-state index < -0.39 is 11.6 Å². The Kier molecular flexibility index (Phi) is 4.18. The summed E-state index contributed by atoms with van der Waals surface area (Å²) in [5, 5.41) is 2.65.